The van der Waals surface area contributed by atoms with Gasteiger partial charge in [0.1, 0.15) is 5.58 Å². The number of furan rings is 1. The molecule has 0 fully saturated rings. The summed E-state index contributed by atoms with van der Waals surface area (Å²) in [6.45, 7) is 0. The van der Waals surface area contributed by atoms with Crippen molar-refractivity contribution in [1.29, 1.82) is 0 Å². The Kier molecular flexibility index (Phi) is 6.76. The van der Waals surface area contributed by atoms with Gasteiger partial charge in [-0.1, -0.05) is 152 Å². The average molecular weight is 694 g/mol. The van der Waals surface area contributed by atoms with E-state index in [1.165, 1.54) is 64.0 Å². The van der Waals surface area contributed by atoms with Crippen LogP contribution >= 0.6 is 11.3 Å². The predicted octanol–water partition coefficient (Wildman–Crippen LogP) is 15.1. The third-order valence-electron chi connectivity index (χ3n) is 10.7. The Balaban J connectivity index is 1.23. The molecule has 3 heteroatoms. The smallest absolute Gasteiger partial charge is 0.159 e. The van der Waals surface area contributed by atoms with Crippen LogP contribution in [0.2, 0.25) is 0 Å². The van der Waals surface area contributed by atoms with Crippen LogP contribution in [-0.4, -0.2) is 0 Å². The first kappa shape index (κ1) is 30.0. The molecule has 0 amide bonds. The molecule has 53 heavy (non-hydrogen) atoms. The van der Waals surface area contributed by atoms with Crippen LogP contribution in [0.4, 0.5) is 17.1 Å². The Labute approximate surface area is 310 Å². The van der Waals surface area contributed by atoms with Crippen molar-refractivity contribution in [2.24, 2.45) is 0 Å². The molecule has 0 spiro atoms. The van der Waals surface area contributed by atoms with Crippen molar-refractivity contribution in [3.63, 3.8) is 0 Å². The quantitative estimate of drug-likeness (QED) is 0.167. The summed E-state index contributed by atoms with van der Waals surface area (Å²) in [6, 6.07) is 67.9. The number of anilines is 3. The zero-order valence-corrected chi connectivity index (χ0v) is 29.5. The van der Waals surface area contributed by atoms with E-state index in [1.807, 2.05) is 17.4 Å². The highest BCUT2D eigenvalue weighted by Gasteiger charge is 2.26. The molecule has 248 valence electrons. The fourth-order valence-electron chi connectivity index (χ4n) is 8.35. The number of thiophene rings is 1. The molecule has 0 aliphatic carbocycles. The first-order chi connectivity index (χ1) is 26.3. The molecule has 0 radical (unpaired) electrons. The van der Waals surface area contributed by atoms with Crippen LogP contribution in [0.25, 0.3) is 85.9 Å². The van der Waals surface area contributed by atoms with E-state index < -0.39 is 0 Å². The normalized spacial score (nSPS) is 11.8. The monoisotopic (exact) mass is 693 g/mol. The largest absolute Gasteiger partial charge is 0.454 e. The van der Waals surface area contributed by atoms with Gasteiger partial charge in [-0.15, -0.1) is 11.3 Å². The number of nitrogens with zero attached hydrogens (tertiary/aromatic N) is 1. The van der Waals surface area contributed by atoms with E-state index in [1.54, 1.807) is 0 Å². The number of hydrogen-bond acceptors (Lipinski definition) is 3. The molecule has 0 unspecified atom stereocenters. The molecular formula is C50H31NOS. The third-order valence-corrected chi connectivity index (χ3v) is 11.8. The summed E-state index contributed by atoms with van der Waals surface area (Å²) in [7, 11) is 0. The zero-order valence-electron chi connectivity index (χ0n) is 28.7. The van der Waals surface area contributed by atoms with Crippen LogP contribution in [0.1, 0.15) is 0 Å². The lowest BCUT2D eigenvalue weighted by Crippen LogP contribution is -2.12. The van der Waals surface area contributed by atoms with Gasteiger partial charge in [0.15, 0.2) is 5.58 Å². The molecule has 2 aromatic heterocycles. The standard InChI is InChI=1S/C50H31NOS/c1-2-14-33(15-3-1)47-39-19-6-4-16-36(39)37-17-5-7-20-40(37)49(47)51(43-24-12-23-41-38-18-8-10-25-44(38)52-50(41)43)34-30-28-32(29-31-34)35-22-13-27-46-48(35)42-21-9-11-26-45(42)53-46/h1-31H. The van der Waals surface area contributed by atoms with Crippen LogP contribution in [0.15, 0.2) is 192 Å². The van der Waals surface area contributed by atoms with Crippen molar-refractivity contribution in [2.75, 3.05) is 4.90 Å². The summed E-state index contributed by atoms with van der Waals surface area (Å²) in [5.41, 5.74) is 9.71. The molecule has 11 rings (SSSR count). The molecule has 0 bridgehead atoms. The minimum absolute atomic E-state index is 0.864. The second kappa shape index (κ2) is 11.9. The highest BCUT2D eigenvalue weighted by molar-refractivity contribution is 7.25. The number of fused-ring (bicyclic) bond motifs is 9. The Morgan fingerprint density at radius 2 is 1.00 bits per heavy atom. The van der Waals surface area contributed by atoms with E-state index in [-0.39, 0.29) is 0 Å². The van der Waals surface area contributed by atoms with Crippen LogP contribution in [0, 0.1) is 0 Å². The lowest BCUT2D eigenvalue weighted by Gasteiger charge is -2.30. The van der Waals surface area contributed by atoms with Gasteiger partial charge in [0.05, 0.1) is 11.4 Å². The van der Waals surface area contributed by atoms with E-state index in [9.17, 15) is 0 Å². The first-order valence-corrected chi connectivity index (χ1v) is 18.8. The van der Waals surface area contributed by atoms with Crippen molar-refractivity contribution in [2.45, 2.75) is 0 Å². The van der Waals surface area contributed by atoms with Crippen molar-refractivity contribution < 1.29 is 4.42 Å². The SMILES string of the molecule is c1ccc(-c2c(N(c3ccc(-c4cccc5sc6ccccc6c45)cc3)c3cccc4c3oc3ccccc34)c3ccccc3c3ccccc23)cc1. The van der Waals surface area contributed by atoms with Crippen LogP contribution in [-0.2, 0) is 0 Å². The van der Waals surface area contributed by atoms with E-state index >= 15 is 0 Å². The molecule has 0 saturated carbocycles. The van der Waals surface area contributed by atoms with Gasteiger partial charge < -0.3 is 9.32 Å². The zero-order chi connectivity index (χ0) is 34.9. The molecule has 0 atom stereocenters. The lowest BCUT2D eigenvalue weighted by molar-refractivity contribution is 0.669. The van der Waals surface area contributed by atoms with Gasteiger partial charge in [0.2, 0.25) is 0 Å². The fraction of sp³-hybridized carbons (Fsp3) is 0. The Morgan fingerprint density at radius 3 is 1.81 bits per heavy atom. The number of rotatable bonds is 5. The van der Waals surface area contributed by atoms with Crippen LogP contribution in [0.3, 0.4) is 0 Å². The van der Waals surface area contributed by atoms with Gasteiger partial charge in [-0.3, -0.25) is 0 Å². The lowest BCUT2D eigenvalue weighted by atomic mass is 9.90. The summed E-state index contributed by atoms with van der Waals surface area (Å²) in [5.74, 6) is 0. The van der Waals surface area contributed by atoms with Crippen molar-refractivity contribution >= 4 is 92.1 Å². The van der Waals surface area contributed by atoms with Crippen molar-refractivity contribution in [3.05, 3.63) is 188 Å². The van der Waals surface area contributed by atoms with Gasteiger partial charge >= 0.3 is 0 Å². The summed E-state index contributed by atoms with van der Waals surface area (Å²) < 4.78 is 9.41. The van der Waals surface area contributed by atoms with Gasteiger partial charge in [0.25, 0.3) is 0 Å². The third kappa shape index (κ3) is 4.64. The molecular weight excluding hydrogens is 663 g/mol. The maximum atomic E-state index is 6.79. The Morgan fingerprint density at radius 1 is 0.396 bits per heavy atom. The number of hydrogen-bond donors (Lipinski definition) is 0. The van der Waals surface area contributed by atoms with Gasteiger partial charge in [0, 0.05) is 47.6 Å². The van der Waals surface area contributed by atoms with E-state index in [4.69, 9.17) is 4.42 Å². The predicted molar refractivity (Wildman–Crippen MR) is 227 cm³/mol. The van der Waals surface area contributed by atoms with Crippen molar-refractivity contribution in [3.8, 4) is 22.3 Å². The highest BCUT2D eigenvalue weighted by Crippen LogP contribution is 2.51. The number of para-hydroxylation sites is 2. The summed E-state index contributed by atoms with van der Waals surface area (Å²) in [4.78, 5) is 2.44. The Hall–Kier alpha value is -6.68. The molecule has 0 N–H and O–H groups in total. The first-order valence-electron chi connectivity index (χ1n) is 18.0. The molecule has 0 aliphatic rings. The van der Waals surface area contributed by atoms with Gasteiger partial charge in [-0.25, -0.2) is 0 Å². The summed E-state index contributed by atoms with van der Waals surface area (Å²) >= 11 is 1.86. The van der Waals surface area contributed by atoms with Crippen molar-refractivity contribution in [1.82, 2.24) is 0 Å². The Bertz CT molecular complexity index is 3170. The molecule has 2 nitrogen and oxygen atoms in total. The van der Waals surface area contributed by atoms with E-state index in [2.05, 4.69) is 187 Å². The maximum absolute atomic E-state index is 6.79. The fourth-order valence-corrected chi connectivity index (χ4v) is 9.49. The number of benzene rings is 9. The average Bonchev–Trinajstić information content (AvgIpc) is 3.81. The van der Waals surface area contributed by atoms with Crippen LogP contribution < -0.4 is 4.90 Å². The molecule has 2 heterocycles. The summed E-state index contributed by atoms with van der Waals surface area (Å²) in [6.07, 6.45) is 0. The second-order valence-electron chi connectivity index (χ2n) is 13.6. The molecule has 0 aliphatic heterocycles. The topological polar surface area (TPSA) is 16.4 Å². The molecule has 11 aromatic rings. The summed E-state index contributed by atoms with van der Waals surface area (Å²) in [5, 5.41) is 9.67. The van der Waals surface area contributed by atoms with Crippen LogP contribution in [0.5, 0.6) is 0 Å². The van der Waals surface area contributed by atoms with E-state index in [0.717, 1.165) is 39.0 Å². The molecule has 9 aromatic carbocycles. The maximum Gasteiger partial charge on any atom is 0.159 e. The van der Waals surface area contributed by atoms with E-state index in [0.29, 0.717) is 0 Å². The van der Waals surface area contributed by atoms with Gasteiger partial charge in [-0.2, -0.15) is 0 Å². The minimum Gasteiger partial charge on any atom is -0.454 e. The molecule has 0 saturated heterocycles. The van der Waals surface area contributed by atoms with Gasteiger partial charge in [-0.05, 0) is 69.2 Å². The minimum atomic E-state index is 0.864. The highest BCUT2D eigenvalue weighted by atomic mass is 32.1. The second-order valence-corrected chi connectivity index (χ2v) is 14.7.